The van der Waals surface area contributed by atoms with Crippen molar-refractivity contribution in [2.75, 3.05) is 6.61 Å². The molecule has 0 aromatic carbocycles. The molecular formula is C3H4ClFO2. The average molecular weight is 127 g/mol. The summed E-state index contributed by atoms with van der Waals surface area (Å²) >= 11 is 4.80. The van der Waals surface area contributed by atoms with Gasteiger partial charge in [0.05, 0.1) is 0 Å². The van der Waals surface area contributed by atoms with Crippen molar-refractivity contribution in [3.63, 3.8) is 0 Å². The highest BCUT2D eigenvalue weighted by atomic mass is 35.5. The third-order valence-electron chi connectivity index (χ3n) is 0.321. The lowest BCUT2D eigenvalue weighted by atomic mass is 10.7. The first-order valence-corrected chi connectivity index (χ1v) is 1.96. The summed E-state index contributed by atoms with van der Waals surface area (Å²) in [7, 11) is 0. The van der Waals surface area contributed by atoms with E-state index in [2.05, 4.69) is 4.89 Å². The van der Waals surface area contributed by atoms with Gasteiger partial charge in [-0.15, -0.1) is 0 Å². The third-order valence-corrected chi connectivity index (χ3v) is 0.558. The van der Waals surface area contributed by atoms with Gasteiger partial charge >= 0.3 is 0 Å². The van der Waals surface area contributed by atoms with Crippen molar-refractivity contribution in [2.45, 2.75) is 0 Å². The molecule has 0 aliphatic rings. The molecule has 2 nitrogen and oxygen atoms in total. The highest BCUT2D eigenvalue weighted by Gasteiger charge is 1.88. The molecule has 0 heterocycles. The fraction of sp³-hybridized carbons (Fsp3) is 0.333. The molecule has 0 saturated carbocycles. The average Bonchev–Trinajstić information content (AvgIpc) is 1.68. The predicted octanol–water partition coefficient (Wildman–Crippen LogP) is 1.53. The minimum absolute atomic E-state index is 0.483. The Labute approximate surface area is 45.1 Å². The van der Waals surface area contributed by atoms with E-state index in [1.54, 1.807) is 0 Å². The van der Waals surface area contributed by atoms with Gasteiger partial charge < -0.3 is 0 Å². The standard InChI is InChI=1S/C3H4ClFO2/c4-1-3(5)2-7-6/h1,6H,2H2/b3-1-. The van der Waals surface area contributed by atoms with E-state index in [0.717, 1.165) is 0 Å². The van der Waals surface area contributed by atoms with Gasteiger partial charge in [0, 0.05) is 5.54 Å². The molecule has 0 fully saturated rings. The summed E-state index contributed by atoms with van der Waals surface area (Å²) in [4.78, 5) is 3.37. The number of hydrogen-bond donors (Lipinski definition) is 1. The van der Waals surface area contributed by atoms with Crippen molar-refractivity contribution in [3.8, 4) is 0 Å². The number of halogens is 2. The zero-order valence-electron chi connectivity index (χ0n) is 3.40. The zero-order valence-corrected chi connectivity index (χ0v) is 4.15. The van der Waals surface area contributed by atoms with Gasteiger partial charge in [-0.2, -0.15) is 0 Å². The summed E-state index contributed by atoms with van der Waals surface area (Å²) in [6, 6.07) is 0. The van der Waals surface area contributed by atoms with Crippen LogP contribution in [0.2, 0.25) is 0 Å². The Bertz CT molecular complexity index is 73.3. The summed E-state index contributed by atoms with van der Waals surface area (Å²) in [5, 5.41) is 7.53. The number of rotatable bonds is 2. The zero-order chi connectivity index (χ0) is 5.70. The first kappa shape index (κ1) is 6.88. The van der Waals surface area contributed by atoms with Crippen molar-refractivity contribution in [2.24, 2.45) is 0 Å². The van der Waals surface area contributed by atoms with E-state index in [4.69, 9.17) is 16.9 Å². The summed E-state index contributed by atoms with van der Waals surface area (Å²) in [5.41, 5.74) is 0.691. The Morgan fingerprint density at radius 3 is 2.71 bits per heavy atom. The maximum Gasteiger partial charge on any atom is 0.140 e. The molecule has 0 radical (unpaired) electrons. The minimum atomic E-state index is -0.704. The van der Waals surface area contributed by atoms with E-state index in [0.29, 0.717) is 5.54 Å². The molecule has 0 saturated heterocycles. The van der Waals surface area contributed by atoms with Crippen LogP contribution in [-0.4, -0.2) is 11.9 Å². The fourth-order valence-electron chi connectivity index (χ4n) is 0.0932. The van der Waals surface area contributed by atoms with Crippen LogP contribution in [0.4, 0.5) is 4.39 Å². The molecule has 0 aliphatic heterocycles. The maximum absolute atomic E-state index is 11.6. The maximum atomic E-state index is 11.6. The quantitative estimate of drug-likeness (QED) is 0.449. The summed E-state index contributed by atoms with van der Waals surface area (Å²) in [5.74, 6) is -0.704. The first-order valence-electron chi connectivity index (χ1n) is 1.52. The van der Waals surface area contributed by atoms with Crippen LogP contribution in [-0.2, 0) is 4.89 Å². The third kappa shape index (κ3) is 3.72. The monoisotopic (exact) mass is 126 g/mol. The largest absolute Gasteiger partial charge is 0.251 e. The Morgan fingerprint density at radius 2 is 2.57 bits per heavy atom. The predicted molar refractivity (Wildman–Crippen MR) is 23.6 cm³/mol. The van der Waals surface area contributed by atoms with Crippen molar-refractivity contribution in [3.05, 3.63) is 11.4 Å². The van der Waals surface area contributed by atoms with Crippen molar-refractivity contribution < 1.29 is 14.5 Å². The fourth-order valence-corrected chi connectivity index (χ4v) is 0.156. The van der Waals surface area contributed by atoms with Crippen molar-refractivity contribution in [1.82, 2.24) is 0 Å². The molecular weight excluding hydrogens is 122 g/mol. The minimum Gasteiger partial charge on any atom is -0.251 e. The molecule has 0 unspecified atom stereocenters. The lowest BCUT2D eigenvalue weighted by molar-refractivity contribution is -0.236. The second-order valence-electron chi connectivity index (χ2n) is 0.829. The summed E-state index contributed by atoms with van der Waals surface area (Å²) in [6.07, 6.45) is 0. The Hall–Kier alpha value is -0.120. The number of hydrogen-bond acceptors (Lipinski definition) is 2. The SMILES string of the molecule is OOC/C(F)=C/Cl. The molecule has 7 heavy (non-hydrogen) atoms. The molecule has 0 aromatic heterocycles. The van der Waals surface area contributed by atoms with Gasteiger partial charge in [0.2, 0.25) is 0 Å². The van der Waals surface area contributed by atoms with Crippen LogP contribution in [0.5, 0.6) is 0 Å². The lowest BCUT2D eigenvalue weighted by Crippen LogP contribution is -1.86. The second-order valence-corrected chi connectivity index (χ2v) is 1.05. The van der Waals surface area contributed by atoms with Crippen molar-refractivity contribution in [1.29, 1.82) is 0 Å². The second kappa shape index (κ2) is 4.05. The van der Waals surface area contributed by atoms with Crippen LogP contribution in [0.15, 0.2) is 11.4 Å². The van der Waals surface area contributed by atoms with Gasteiger partial charge in [-0.1, -0.05) is 11.6 Å². The molecule has 0 aromatic rings. The van der Waals surface area contributed by atoms with Crippen LogP contribution in [0.25, 0.3) is 0 Å². The van der Waals surface area contributed by atoms with E-state index >= 15 is 0 Å². The molecule has 0 rings (SSSR count). The molecule has 0 amide bonds. The van der Waals surface area contributed by atoms with Crippen LogP contribution in [0, 0.1) is 0 Å². The Kier molecular flexibility index (Phi) is 3.98. The van der Waals surface area contributed by atoms with E-state index in [1.165, 1.54) is 0 Å². The highest BCUT2D eigenvalue weighted by molar-refractivity contribution is 6.25. The van der Waals surface area contributed by atoms with Crippen molar-refractivity contribution >= 4 is 11.6 Å². The molecule has 0 aliphatic carbocycles. The Balaban J connectivity index is 3.17. The van der Waals surface area contributed by atoms with Crippen LogP contribution < -0.4 is 0 Å². The van der Waals surface area contributed by atoms with Crippen LogP contribution in [0.3, 0.4) is 0 Å². The van der Waals surface area contributed by atoms with Crippen LogP contribution in [0.1, 0.15) is 0 Å². The van der Waals surface area contributed by atoms with E-state index in [-0.39, 0.29) is 0 Å². The summed E-state index contributed by atoms with van der Waals surface area (Å²) in [6.45, 7) is -0.483. The Morgan fingerprint density at radius 1 is 2.00 bits per heavy atom. The normalized spacial score (nSPS) is 12.1. The van der Waals surface area contributed by atoms with Gasteiger partial charge in [0.25, 0.3) is 0 Å². The molecule has 0 atom stereocenters. The van der Waals surface area contributed by atoms with Gasteiger partial charge in [-0.25, -0.2) is 9.28 Å². The van der Waals surface area contributed by atoms with E-state index < -0.39 is 12.4 Å². The summed E-state index contributed by atoms with van der Waals surface area (Å²) < 4.78 is 11.6. The highest BCUT2D eigenvalue weighted by Crippen LogP contribution is 1.96. The molecule has 1 N–H and O–H groups in total. The molecule has 42 valence electrons. The molecule has 4 heteroatoms. The van der Waals surface area contributed by atoms with Gasteiger partial charge in [0.15, 0.2) is 0 Å². The van der Waals surface area contributed by atoms with E-state index in [1.807, 2.05) is 0 Å². The molecule has 0 spiro atoms. The van der Waals surface area contributed by atoms with E-state index in [9.17, 15) is 4.39 Å². The van der Waals surface area contributed by atoms with Crippen LogP contribution >= 0.6 is 11.6 Å². The smallest absolute Gasteiger partial charge is 0.140 e. The van der Waals surface area contributed by atoms with Gasteiger partial charge in [0.1, 0.15) is 12.4 Å². The van der Waals surface area contributed by atoms with Gasteiger partial charge in [-0.05, 0) is 0 Å². The topological polar surface area (TPSA) is 29.5 Å². The lowest BCUT2D eigenvalue weighted by Gasteiger charge is -1.85. The van der Waals surface area contributed by atoms with Gasteiger partial charge in [-0.3, -0.25) is 5.26 Å². The first-order chi connectivity index (χ1) is 3.31. The molecule has 0 bridgehead atoms.